The second kappa shape index (κ2) is 3.58. The molecule has 6 nitrogen and oxygen atoms in total. The summed E-state index contributed by atoms with van der Waals surface area (Å²) in [6, 6.07) is 3.22. The van der Waals surface area contributed by atoms with Crippen LogP contribution in [-0.4, -0.2) is 9.97 Å². The Balaban J connectivity index is 2.59. The van der Waals surface area contributed by atoms with E-state index < -0.39 is 0 Å². The van der Waals surface area contributed by atoms with Crippen LogP contribution in [0.2, 0.25) is 0 Å². The molecule has 16 heavy (non-hydrogen) atoms. The Labute approximate surface area is 92.3 Å². The molecule has 0 saturated carbocycles. The van der Waals surface area contributed by atoms with Crippen molar-refractivity contribution in [2.45, 2.75) is 0 Å². The Hall–Kier alpha value is -2.50. The summed E-state index contributed by atoms with van der Waals surface area (Å²) in [6.07, 6.45) is 3.01. The fourth-order valence-corrected chi connectivity index (χ4v) is 1.39. The number of nitrogens with two attached hydrogens (primary N) is 4. The monoisotopic (exact) mass is 216 g/mol. The normalized spacial score (nSPS) is 10.2. The summed E-state index contributed by atoms with van der Waals surface area (Å²) in [5.74, 6) is 0. The molecular formula is C10H12N6. The minimum Gasteiger partial charge on any atom is -0.397 e. The summed E-state index contributed by atoms with van der Waals surface area (Å²) in [4.78, 5) is 8.21. The van der Waals surface area contributed by atoms with Crippen LogP contribution >= 0.6 is 0 Å². The Morgan fingerprint density at radius 2 is 1.06 bits per heavy atom. The van der Waals surface area contributed by atoms with Gasteiger partial charge in [0.2, 0.25) is 0 Å². The first-order valence-electron chi connectivity index (χ1n) is 4.60. The number of hydrogen-bond acceptors (Lipinski definition) is 6. The van der Waals surface area contributed by atoms with Crippen molar-refractivity contribution in [1.82, 2.24) is 9.97 Å². The van der Waals surface area contributed by atoms with Gasteiger partial charge in [-0.15, -0.1) is 0 Å². The van der Waals surface area contributed by atoms with Crippen molar-refractivity contribution in [1.29, 1.82) is 0 Å². The molecule has 0 amide bonds. The van der Waals surface area contributed by atoms with E-state index in [0.717, 1.165) is 0 Å². The quantitative estimate of drug-likeness (QED) is 0.548. The van der Waals surface area contributed by atoms with Crippen LogP contribution in [0.5, 0.6) is 0 Å². The van der Waals surface area contributed by atoms with E-state index in [1.807, 2.05) is 0 Å². The summed E-state index contributed by atoms with van der Waals surface area (Å²) >= 11 is 0. The van der Waals surface area contributed by atoms with Gasteiger partial charge in [0.05, 0.1) is 35.1 Å². The van der Waals surface area contributed by atoms with E-state index in [1.165, 1.54) is 12.4 Å². The zero-order valence-electron chi connectivity index (χ0n) is 8.51. The van der Waals surface area contributed by atoms with Gasteiger partial charge in [0.1, 0.15) is 11.4 Å². The maximum atomic E-state index is 5.79. The number of nitrogen functional groups attached to an aromatic ring is 4. The van der Waals surface area contributed by atoms with Crippen molar-refractivity contribution < 1.29 is 0 Å². The van der Waals surface area contributed by atoms with Gasteiger partial charge in [-0.2, -0.15) is 0 Å². The third-order valence-corrected chi connectivity index (χ3v) is 2.10. The first-order chi connectivity index (χ1) is 7.58. The van der Waals surface area contributed by atoms with Crippen LogP contribution in [0, 0.1) is 0 Å². The van der Waals surface area contributed by atoms with Gasteiger partial charge in [0.25, 0.3) is 0 Å². The van der Waals surface area contributed by atoms with E-state index in [9.17, 15) is 0 Å². The summed E-state index contributed by atoms with van der Waals surface area (Å²) in [6.45, 7) is 0. The van der Waals surface area contributed by atoms with Crippen LogP contribution in [0.4, 0.5) is 22.7 Å². The largest absolute Gasteiger partial charge is 0.397 e. The molecule has 0 fully saturated rings. The molecule has 0 aliphatic heterocycles. The van der Waals surface area contributed by atoms with E-state index in [2.05, 4.69) is 9.97 Å². The highest BCUT2D eigenvalue weighted by Crippen LogP contribution is 2.28. The SMILES string of the molecule is Nc1cnc(-c2ncc(N)cc2N)c(N)c1. The maximum absolute atomic E-state index is 5.79. The molecule has 0 atom stereocenters. The summed E-state index contributed by atoms with van der Waals surface area (Å²) in [7, 11) is 0. The first-order valence-corrected chi connectivity index (χ1v) is 4.60. The Morgan fingerprint density at radius 1 is 0.688 bits per heavy atom. The van der Waals surface area contributed by atoms with Crippen molar-refractivity contribution in [3.8, 4) is 11.4 Å². The highest BCUT2D eigenvalue weighted by molar-refractivity contribution is 5.80. The summed E-state index contributed by atoms with van der Waals surface area (Å²) in [5.41, 5.74) is 25.6. The average Bonchev–Trinajstić information content (AvgIpc) is 2.19. The van der Waals surface area contributed by atoms with Crippen LogP contribution < -0.4 is 22.9 Å². The van der Waals surface area contributed by atoms with E-state index in [1.54, 1.807) is 12.1 Å². The van der Waals surface area contributed by atoms with Gasteiger partial charge in [0.15, 0.2) is 0 Å². The molecule has 0 unspecified atom stereocenters. The predicted octanol–water partition coefficient (Wildman–Crippen LogP) is 0.472. The lowest BCUT2D eigenvalue weighted by molar-refractivity contribution is 1.26. The summed E-state index contributed by atoms with van der Waals surface area (Å²) < 4.78 is 0. The predicted molar refractivity (Wildman–Crippen MR) is 65.1 cm³/mol. The number of aromatic nitrogens is 2. The Bertz CT molecular complexity index is 487. The van der Waals surface area contributed by atoms with Crippen LogP contribution in [-0.2, 0) is 0 Å². The number of hydrogen-bond donors (Lipinski definition) is 4. The van der Waals surface area contributed by atoms with E-state index >= 15 is 0 Å². The second-order valence-corrected chi connectivity index (χ2v) is 3.41. The number of rotatable bonds is 1. The lowest BCUT2D eigenvalue weighted by atomic mass is 10.2. The fraction of sp³-hybridized carbons (Fsp3) is 0. The molecule has 82 valence electrons. The third-order valence-electron chi connectivity index (χ3n) is 2.10. The zero-order valence-corrected chi connectivity index (χ0v) is 8.51. The molecule has 8 N–H and O–H groups in total. The summed E-state index contributed by atoms with van der Waals surface area (Å²) in [5, 5.41) is 0. The van der Waals surface area contributed by atoms with Gasteiger partial charge >= 0.3 is 0 Å². The molecule has 2 aromatic heterocycles. The van der Waals surface area contributed by atoms with Crippen molar-refractivity contribution >= 4 is 22.7 Å². The lowest BCUT2D eigenvalue weighted by Crippen LogP contribution is -2.01. The standard InChI is InChI=1S/C10H12N6/c11-5-1-7(13)9(15-3-5)10-8(14)2-6(12)4-16-10/h1-4H,11-14H2. The van der Waals surface area contributed by atoms with Crippen molar-refractivity contribution in [2.24, 2.45) is 0 Å². The van der Waals surface area contributed by atoms with Crippen LogP contribution in [0.1, 0.15) is 0 Å². The van der Waals surface area contributed by atoms with E-state index in [-0.39, 0.29) is 0 Å². The van der Waals surface area contributed by atoms with Crippen LogP contribution in [0.15, 0.2) is 24.5 Å². The Morgan fingerprint density at radius 3 is 1.38 bits per heavy atom. The molecule has 2 heterocycles. The van der Waals surface area contributed by atoms with Crippen LogP contribution in [0.25, 0.3) is 11.4 Å². The highest BCUT2D eigenvalue weighted by atomic mass is 14.8. The van der Waals surface area contributed by atoms with Crippen LogP contribution in [0.3, 0.4) is 0 Å². The molecule has 2 rings (SSSR count). The van der Waals surface area contributed by atoms with Crippen molar-refractivity contribution in [3.05, 3.63) is 24.5 Å². The smallest absolute Gasteiger partial charge is 0.114 e. The van der Waals surface area contributed by atoms with Gasteiger partial charge in [0, 0.05) is 0 Å². The van der Waals surface area contributed by atoms with Gasteiger partial charge < -0.3 is 22.9 Å². The van der Waals surface area contributed by atoms with E-state index in [4.69, 9.17) is 22.9 Å². The Kier molecular flexibility index (Phi) is 2.24. The molecule has 0 aromatic carbocycles. The number of nitrogens with zero attached hydrogens (tertiary/aromatic N) is 2. The molecule has 2 aromatic rings. The molecule has 0 bridgehead atoms. The second-order valence-electron chi connectivity index (χ2n) is 3.41. The molecule has 0 aliphatic carbocycles. The maximum Gasteiger partial charge on any atom is 0.114 e. The molecular weight excluding hydrogens is 204 g/mol. The minimum atomic E-state index is 0.434. The van der Waals surface area contributed by atoms with Gasteiger partial charge in [-0.3, -0.25) is 9.97 Å². The number of pyridine rings is 2. The third kappa shape index (κ3) is 1.68. The topological polar surface area (TPSA) is 130 Å². The van der Waals surface area contributed by atoms with Gasteiger partial charge in [-0.25, -0.2) is 0 Å². The highest BCUT2D eigenvalue weighted by Gasteiger charge is 2.10. The molecule has 0 spiro atoms. The van der Waals surface area contributed by atoms with Gasteiger partial charge in [-0.05, 0) is 12.1 Å². The van der Waals surface area contributed by atoms with Crippen molar-refractivity contribution in [3.63, 3.8) is 0 Å². The average molecular weight is 216 g/mol. The van der Waals surface area contributed by atoms with Gasteiger partial charge in [-0.1, -0.05) is 0 Å². The molecule has 6 heteroatoms. The first kappa shape index (κ1) is 10.0. The van der Waals surface area contributed by atoms with Crippen molar-refractivity contribution in [2.75, 3.05) is 22.9 Å². The molecule has 0 radical (unpaired) electrons. The zero-order chi connectivity index (χ0) is 11.7. The lowest BCUT2D eigenvalue weighted by Gasteiger charge is -2.07. The molecule has 0 saturated heterocycles. The minimum absolute atomic E-state index is 0.434. The van der Waals surface area contributed by atoms with E-state index in [0.29, 0.717) is 34.1 Å². The molecule has 0 aliphatic rings. The number of anilines is 4. The fourth-order valence-electron chi connectivity index (χ4n) is 1.39.